The van der Waals surface area contributed by atoms with Crippen LogP contribution in [0.15, 0.2) is 29.4 Å². The average molecular weight is 381 g/mol. The summed E-state index contributed by atoms with van der Waals surface area (Å²) in [5.74, 6) is -0.677. The van der Waals surface area contributed by atoms with Crippen LogP contribution in [0.3, 0.4) is 0 Å². The lowest BCUT2D eigenvalue weighted by Gasteiger charge is -2.35. The van der Waals surface area contributed by atoms with Crippen LogP contribution in [-0.4, -0.2) is 20.5 Å². The second-order valence-electron chi connectivity index (χ2n) is 5.79. The van der Waals surface area contributed by atoms with Crippen LogP contribution in [0.1, 0.15) is 33.4 Å². The molecule has 1 rings (SSSR count). The van der Waals surface area contributed by atoms with Gasteiger partial charge in [-0.05, 0) is 55.8 Å². The van der Waals surface area contributed by atoms with E-state index in [2.05, 4.69) is 32.2 Å². The average Bonchev–Trinajstić information content (AvgIpc) is 2.39. The first kappa shape index (κ1) is 18.5. The monoisotopic (exact) mass is 380 g/mol. The van der Waals surface area contributed by atoms with E-state index in [4.69, 9.17) is 0 Å². The minimum Gasteiger partial charge on any atom is -0.598 e. The summed E-state index contributed by atoms with van der Waals surface area (Å²) in [6.07, 6.45) is -0.630. The van der Waals surface area contributed by atoms with Crippen LogP contribution in [0.2, 0.25) is 0 Å². The second kappa shape index (κ2) is 6.73. The Kier molecular flexibility index (Phi) is 5.94. The lowest BCUT2D eigenvalue weighted by Crippen LogP contribution is -2.54. The van der Waals surface area contributed by atoms with Gasteiger partial charge in [0.15, 0.2) is 0 Å². The Morgan fingerprint density at radius 1 is 1.43 bits per heavy atom. The van der Waals surface area contributed by atoms with Crippen LogP contribution in [0.5, 0.6) is 0 Å². The number of rotatable bonds is 5. The molecule has 0 amide bonds. The highest BCUT2D eigenvalue weighted by molar-refractivity contribution is 9.10. The normalized spacial score (nSPS) is 17.9. The van der Waals surface area contributed by atoms with Crippen molar-refractivity contribution in [2.24, 2.45) is 0 Å². The first-order chi connectivity index (χ1) is 9.52. The van der Waals surface area contributed by atoms with Crippen LogP contribution in [0.25, 0.3) is 0 Å². The lowest BCUT2D eigenvalue weighted by atomic mass is 9.92. The van der Waals surface area contributed by atoms with E-state index in [9.17, 15) is 13.3 Å². The van der Waals surface area contributed by atoms with E-state index in [1.165, 1.54) is 19.1 Å². The van der Waals surface area contributed by atoms with Gasteiger partial charge in [-0.15, -0.1) is 11.3 Å². The smallest absolute Gasteiger partial charge is 0.147 e. The summed E-state index contributed by atoms with van der Waals surface area (Å²) in [5.41, 5.74) is -1.74. The van der Waals surface area contributed by atoms with Gasteiger partial charge in [0.1, 0.15) is 32.6 Å². The van der Waals surface area contributed by atoms with Crippen molar-refractivity contribution in [3.05, 3.63) is 40.9 Å². The zero-order valence-electron chi connectivity index (χ0n) is 12.4. The molecule has 7 heteroatoms. The predicted molar refractivity (Wildman–Crippen MR) is 85.4 cm³/mol. The Morgan fingerprint density at radius 2 is 2.00 bits per heavy atom. The van der Waals surface area contributed by atoms with Gasteiger partial charge in [0, 0.05) is 11.4 Å². The van der Waals surface area contributed by atoms with Crippen molar-refractivity contribution in [1.82, 2.24) is 9.71 Å². The van der Waals surface area contributed by atoms with Crippen LogP contribution in [-0.2, 0) is 16.9 Å². The molecule has 1 aromatic rings. The minimum absolute atomic E-state index is 0.151. The van der Waals surface area contributed by atoms with E-state index in [-0.39, 0.29) is 5.69 Å². The highest BCUT2D eigenvalue weighted by Crippen LogP contribution is 2.32. The van der Waals surface area contributed by atoms with Gasteiger partial charge in [0.25, 0.3) is 0 Å². The molecule has 0 radical (unpaired) electrons. The standard InChI is InChI=1S/C14H19BrF2N2OS/c1-6-10(17)14(5,19-21(20)13(2,3)4)12-9(16)7-8-11(15)18-12/h6-8,10,19H,1H2,2-5H3/t10-,14-,21?/m0/s1. The zero-order valence-corrected chi connectivity index (χ0v) is 14.8. The van der Waals surface area contributed by atoms with Crippen LogP contribution < -0.4 is 4.72 Å². The molecule has 0 bridgehead atoms. The molecule has 0 saturated heterocycles. The van der Waals surface area contributed by atoms with Gasteiger partial charge in [-0.1, -0.05) is 6.08 Å². The number of alkyl halides is 1. The molecule has 1 unspecified atom stereocenters. The summed E-state index contributed by atoms with van der Waals surface area (Å²) in [6, 6.07) is 2.60. The third kappa shape index (κ3) is 4.25. The fraction of sp³-hybridized carbons (Fsp3) is 0.500. The molecule has 0 aliphatic rings. The Bertz CT molecular complexity index is 524. The maximum Gasteiger partial charge on any atom is 0.147 e. The molecule has 0 spiro atoms. The third-order valence-corrected chi connectivity index (χ3v) is 5.09. The molecule has 0 aliphatic heterocycles. The predicted octanol–water partition coefficient (Wildman–Crippen LogP) is 3.77. The topological polar surface area (TPSA) is 48.0 Å². The second-order valence-corrected chi connectivity index (χ2v) is 8.57. The van der Waals surface area contributed by atoms with Crippen LogP contribution in [0.4, 0.5) is 8.78 Å². The first-order valence-electron chi connectivity index (χ1n) is 6.31. The van der Waals surface area contributed by atoms with Gasteiger partial charge < -0.3 is 4.55 Å². The molecular formula is C14H19BrF2N2OS. The third-order valence-electron chi connectivity index (χ3n) is 2.92. The van der Waals surface area contributed by atoms with Crippen molar-refractivity contribution >= 4 is 27.3 Å². The van der Waals surface area contributed by atoms with Crippen molar-refractivity contribution in [3.63, 3.8) is 0 Å². The Morgan fingerprint density at radius 3 is 2.48 bits per heavy atom. The fourth-order valence-corrected chi connectivity index (χ4v) is 2.81. The van der Waals surface area contributed by atoms with Gasteiger partial charge in [-0.25, -0.2) is 13.8 Å². The summed E-state index contributed by atoms with van der Waals surface area (Å²) in [4.78, 5) is 4.01. The summed E-state index contributed by atoms with van der Waals surface area (Å²) < 4.78 is 43.2. The van der Waals surface area contributed by atoms with Crippen molar-refractivity contribution in [3.8, 4) is 0 Å². The molecule has 0 aliphatic carbocycles. The highest BCUT2D eigenvalue weighted by Gasteiger charge is 2.45. The molecule has 0 saturated carbocycles. The quantitative estimate of drug-likeness (QED) is 0.480. The molecule has 3 nitrogen and oxygen atoms in total. The summed E-state index contributed by atoms with van der Waals surface area (Å²) in [7, 11) is 0. The number of hydrogen-bond donors (Lipinski definition) is 1. The Labute approximate surface area is 135 Å². The maximum atomic E-state index is 14.4. The first-order valence-corrected chi connectivity index (χ1v) is 8.25. The number of aromatic nitrogens is 1. The maximum absolute atomic E-state index is 14.4. The van der Waals surface area contributed by atoms with Crippen LogP contribution >= 0.6 is 15.9 Å². The van der Waals surface area contributed by atoms with Crippen molar-refractivity contribution in [2.45, 2.75) is 44.2 Å². The van der Waals surface area contributed by atoms with E-state index >= 15 is 0 Å². The summed E-state index contributed by atoms with van der Waals surface area (Å²) >= 11 is 1.53. The SMILES string of the molecule is C=C[C@H](F)[C@](C)(N[S+]([O-])C(C)(C)C)c1nc(Br)ccc1F. The van der Waals surface area contributed by atoms with Crippen molar-refractivity contribution in [1.29, 1.82) is 0 Å². The molecule has 1 N–H and O–H groups in total. The van der Waals surface area contributed by atoms with Gasteiger partial charge in [-0.3, -0.25) is 0 Å². The molecular weight excluding hydrogens is 362 g/mol. The number of pyridine rings is 1. The minimum atomic E-state index is -1.67. The highest BCUT2D eigenvalue weighted by atomic mass is 79.9. The van der Waals surface area contributed by atoms with E-state index in [0.717, 1.165) is 6.08 Å². The van der Waals surface area contributed by atoms with Crippen LogP contribution in [0, 0.1) is 5.82 Å². The van der Waals surface area contributed by atoms with Gasteiger partial charge in [0.05, 0.1) is 0 Å². The molecule has 1 aromatic heterocycles. The Hall–Kier alpha value is -0.500. The number of nitrogens with zero attached hydrogens (tertiary/aromatic N) is 1. The molecule has 3 atom stereocenters. The van der Waals surface area contributed by atoms with Crippen molar-refractivity contribution < 1.29 is 13.3 Å². The summed E-state index contributed by atoms with van der Waals surface area (Å²) in [5, 5.41) is 0. The summed E-state index contributed by atoms with van der Waals surface area (Å²) in [6.45, 7) is 10.0. The van der Waals surface area contributed by atoms with E-state index in [1.54, 1.807) is 20.8 Å². The molecule has 21 heavy (non-hydrogen) atoms. The largest absolute Gasteiger partial charge is 0.598 e. The van der Waals surface area contributed by atoms with Gasteiger partial charge in [0.2, 0.25) is 0 Å². The number of nitrogens with one attached hydrogen (secondary N) is 1. The molecule has 118 valence electrons. The van der Waals surface area contributed by atoms with E-state index < -0.39 is 33.6 Å². The van der Waals surface area contributed by atoms with Crippen molar-refractivity contribution in [2.75, 3.05) is 0 Å². The number of hydrogen-bond acceptors (Lipinski definition) is 3. The molecule has 0 aromatic carbocycles. The van der Waals surface area contributed by atoms with E-state index in [0.29, 0.717) is 4.60 Å². The lowest BCUT2D eigenvalue weighted by molar-refractivity contribution is 0.222. The fourth-order valence-electron chi connectivity index (χ4n) is 1.60. The molecule has 1 heterocycles. The Balaban J connectivity index is 3.33. The molecule has 0 fully saturated rings. The van der Waals surface area contributed by atoms with E-state index in [1.807, 2.05) is 0 Å². The van der Waals surface area contributed by atoms with Gasteiger partial charge >= 0.3 is 0 Å². The number of halogens is 3. The zero-order chi connectivity index (χ0) is 16.4. The van der Waals surface area contributed by atoms with Gasteiger partial charge in [-0.2, -0.15) is 0 Å².